The van der Waals surface area contributed by atoms with Gasteiger partial charge in [-0.15, -0.1) is 0 Å². The van der Waals surface area contributed by atoms with E-state index in [4.69, 9.17) is 0 Å². The Morgan fingerprint density at radius 2 is 1.57 bits per heavy atom. The van der Waals surface area contributed by atoms with E-state index >= 15 is 0 Å². The van der Waals surface area contributed by atoms with E-state index in [1.807, 2.05) is 0 Å². The van der Waals surface area contributed by atoms with E-state index in [0.717, 1.165) is 6.54 Å². The van der Waals surface area contributed by atoms with Crippen molar-refractivity contribution in [3.05, 3.63) is 33.4 Å². The largest absolute Gasteiger partial charge is 0.314 e. The van der Waals surface area contributed by atoms with Crippen molar-refractivity contribution in [2.75, 3.05) is 6.54 Å². The molecule has 0 spiro atoms. The van der Waals surface area contributed by atoms with Crippen LogP contribution in [0.15, 0.2) is 24.3 Å². The maximum Gasteiger partial charge on any atom is 0.0130 e. The molecular weight excluding hydrogens is 369 g/mol. The van der Waals surface area contributed by atoms with Gasteiger partial charge in [0, 0.05) is 9.61 Å². The van der Waals surface area contributed by atoms with Crippen molar-refractivity contribution in [2.24, 2.45) is 0 Å². The van der Waals surface area contributed by atoms with Crippen molar-refractivity contribution in [3.8, 4) is 0 Å². The van der Waals surface area contributed by atoms with E-state index < -0.39 is 0 Å². The number of hydrogen-bond acceptors (Lipinski definition) is 1. The second-order valence-corrected chi connectivity index (χ2v) is 7.28. The molecule has 1 aromatic carbocycles. The van der Waals surface area contributed by atoms with E-state index in [9.17, 15) is 0 Å². The summed E-state index contributed by atoms with van der Waals surface area (Å²) in [5, 5.41) is 3.73. The third-order valence-corrected chi connectivity index (χ3v) is 4.70. The van der Waals surface area contributed by atoms with Gasteiger partial charge in [0.1, 0.15) is 0 Å². The minimum Gasteiger partial charge on any atom is -0.314 e. The minimum atomic E-state index is 0.649. The van der Waals surface area contributed by atoms with Gasteiger partial charge in [-0.1, -0.05) is 64.5 Å². The molecule has 120 valence electrons. The third kappa shape index (κ3) is 9.51. The highest BCUT2D eigenvalue weighted by atomic mass is 127. The van der Waals surface area contributed by atoms with Crippen LogP contribution >= 0.6 is 22.6 Å². The van der Waals surface area contributed by atoms with Gasteiger partial charge in [0.25, 0.3) is 0 Å². The summed E-state index contributed by atoms with van der Waals surface area (Å²) in [6.45, 7) is 5.68. The molecule has 0 aromatic heterocycles. The van der Waals surface area contributed by atoms with E-state index in [1.54, 1.807) is 0 Å². The molecule has 0 aliphatic carbocycles. The smallest absolute Gasteiger partial charge is 0.0130 e. The second kappa shape index (κ2) is 12.5. The molecule has 2 heteroatoms. The Hall–Kier alpha value is -0.0900. The first-order valence-corrected chi connectivity index (χ1v) is 9.82. The molecule has 0 radical (unpaired) electrons. The number of benzene rings is 1. The summed E-state index contributed by atoms with van der Waals surface area (Å²) in [6, 6.07) is 9.65. The zero-order valence-electron chi connectivity index (χ0n) is 13.8. The molecule has 1 atom stereocenters. The Kier molecular flexibility index (Phi) is 11.2. The van der Waals surface area contributed by atoms with Crippen molar-refractivity contribution in [2.45, 2.75) is 77.7 Å². The van der Waals surface area contributed by atoms with E-state index in [0.29, 0.717) is 6.04 Å². The van der Waals surface area contributed by atoms with Crippen LogP contribution in [-0.2, 0) is 6.42 Å². The predicted octanol–water partition coefficient (Wildman–Crippen LogP) is 5.95. The SMILES string of the molecule is CCCCCCCCC(Cc1ccc(I)cc1)NCCC. The molecule has 1 rings (SSSR count). The molecule has 0 fully saturated rings. The molecule has 1 nitrogen and oxygen atoms in total. The second-order valence-electron chi connectivity index (χ2n) is 6.04. The molecule has 0 amide bonds. The lowest BCUT2D eigenvalue weighted by Crippen LogP contribution is -2.31. The van der Waals surface area contributed by atoms with Crippen LogP contribution in [-0.4, -0.2) is 12.6 Å². The van der Waals surface area contributed by atoms with Crippen molar-refractivity contribution >= 4 is 22.6 Å². The van der Waals surface area contributed by atoms with Crippen LogP contribution in [0.1, 0.15) is 70.8 Å². The molecule has 0 aliphatic rings. The topological polar surface area (TPSA) is 12.0 Å². The van der Waals surface area contributed by atoms with Crippen LogP contribution in [0.25, 0.3) is 0 Å². The van der Waals surface area contributed by atoms with E-state index in [-0.39, 0.29) is 0 Å². The fourth-order valence-electron chi connectivity index (χ4n) is 2.70. The summed E-state index contributed by atoms with van der Waals surface area (Å²) in [5.41, 5.74) is 1.47. The normalized spacial score (nSPS) is 12.5. The van der Waals surface area contributed by atoms with Gasteiger partial charge in [-0.3, -0.25) is 0 Å². The van der Waals surface area contributed by atoms with Crippen LogP contribution in [0.2, 0.25) is 0 Å². The van der Waals surface area contributed by atoms with E-state index in [2.05, 4.69) is 66.0 Å². The molecule has 1 aromatic rings. The Labute approximate surface area is 145 Å². The highest BCUT2D eigenvalue weighted by Crippen LogP contribution is 2.13. The lowest BCUT2D eigenvalue weighted by atomic mass is 9.99. The Morgan fingerprint density at radius 1 is 0.905 bits per heavy atom. The molecule has 0 saturated carbocycles. The van der Waals surface area contributed by atoms with Crippen molar-refractivity contribution < 1.29 is 0 Å². The van der Waals surface area contributed by atoms with Crippen LogP contribution in [0, 0.1) is 3.57 Å². The highest BCUT2D eigenvalue weighted by Gasteiger charge is 2.08. The number of hydrogen-bond donors (Lipinski definition) is 1. The van der Waals surface area contributed by atoms with Crippen molar-refractivity contribution in [1.29, 1.82) is 0 Å². The first-order chi connectivity index (χ1) is 10.3. The summed E-state index contributed by atoms with van der Waals surface area (Å²) in [5.74, 6) is 0. The van der Waals surface area contributed by atoms with Crippen molar-refractivity contribution in [3.63, 3.8) is 0 Å². The molecule has 1 N–H and O–H groups in total. The molecule has 0 heterocycles. The average molecular weight is 401 g/mol. The van der Waals surface area contributed by atoms with Crippen LogP contribution in [0.3, 0.4) is 0 Å². The summed E-state index contributed by atoms with van der Waals surface area (Å²) in [6.07, 6.45) is 12.1. The van der Waals surface area contributed by atoms with Gasteiger partial charge in [0.05, 0.1) is 0 Å². The number of unbranched alkanes of at least 4 members (excludes halogenated alkanes) is 5. The van der Waals surface area contributed by atoms with Gasteiger partial charge in [0.15, 0.2) is 0 Å². The van der Waals surface area contributed by atoms with Gasteiger partial charge < -0.3 is 5.32 Å². The van der Waals surface area contributed by atoms with Gasteiger partial charge in [-0.05, 0) is 66.1 Å². The van der Waals surface area contributed by atoms with Crippen LogP contribution < -0.4 is 5.32 Å². The monoisotopic (exact) mass is 401 g/mol. The summed E-state index contributed by atoms with van der Waals surface area (Å²) >= 11 is 2.38. The lowest BCUT2D eigenvalue weighted by molar-refractivity contribution is 0.450. The highest BCUT2D eigenvalue weighted by molar-refractivity contribution is 14.1. The minimum absolute atomic E-state index is 0.649. The number of halogens is 1. The maximum atomic E-state index is 3.73. The molecule has 0 bridgehead atoms. The fourth-order valence-corrected chi connectivity index (χ4v) is 3.06. The van der Waals surface area contributed by atoms with Crippen molar-refractivity contribution in [1.82, 2.24) is 5.32 Å². The standard InChI is InChI=1S/C19H32IN/c1-3-5-6-7-8-9-10-19(21-15-4-2)16-17-11-13-18(20)14-12-17/h11-14,19,21H,3-10,15-16H2,1-2H3. The van der Waals surface area contributed by atoms with Crippen LogP contribution in [0.5, 0.6) is 0 Å². The maximum absolute atomic E-state index is 3.73. The van der Waals surface area contributed by atoms with Gasteiger partial charge in [-0.2, -0.15) is 0 Å². The number of nitrogens with one attached hydrogen (secondary N) is 1. The van der Waals surface area contributed by atoms with Crippen LogP contribution in [0.4, 0.5) is 0 Å². The molecule has 0 saturated heterocycles. The lowest BCUT2D eigenvalue weighted by Gasteiger charge is -2.18. The Bertz CT molecular complexity index is 347. The Morgan fingerprint density at radius 3 is 2.24 bits per heavy atom. The number of rotatable bonds is 12. The third-order valence-electron chi connectivity index (χ3n) is 3.98. The van der Waals surface area contributed by atoms with Gasteiger partial charge >= 0.3 is 0 Å². The fraction of sp³-hybridized carbons (Fsp3) is 0.684. The summed E-state index contributed by atoms with van der Waals surface area (Å²) < 4.78 is 1.32. The first kappa shape index (κ1) is 19.0. The molecular formula is C19H32IN. The van der Waals surface area contributed by atoms with Gasteiger partial charge in [0.2, 0.25) is 0 Å². The summed E-state index contributed by atoms with van der Waals surface area (Å²) in [7, 11) is 0. The first-order valence-electron chi connectivity index (χ1n) is 8.74. The Balaban J connectivity index is 2.31. The van der Waals surface area contributed by atoms with Gasteiger partial charge in [-0.25, -0.2) is 0 Å². The van der Waals surface area contributed by atoms with E-state index in [1.165, 1.54) is 66.9 Å². The molecule has 1 unspecified atom stereocenters. The average Bonchev–Trinajstić information content (AvgIpc) is 2.50. The molecule has 0 aliphatic heterocycles. The summed E-state index contributed by atoms with van der Waals surface area (Å²) in [4.78, 5) is 0. The zero-order chi connectivity index (χ0) is 15.3. The molecule has 21 heavy (non-hydrogen) atoms. The predicted molar refractivity (Wildman–Crippen MR) is 103 cm³/mol. The zero-order valence-corrected chi connectivity index (χ0v) is 16.0. The quantitative estimate of drug-likeness (QED) is 0.337.